The SMILES string of the molecule is CCN(CC)CCCNC(C)c1cccc(O)c1. The molecule has 1 rings (SSSR count). The second kappa shape index (κ2) is 8.11. The van der Waals surface area contributed by atoms with E-state index in [1.807, 2.05) is 18.2 Å². The Hall–Kier alpha value is -1.06. The zero-order valence-corrected chi connectivity index (χ0v) is 11.8. The van der Waals surface area contributed by atoms with Crippen molar-refractivity contribution in [1.82, 2.24) is 10.2 Å². The predicted molar refractivity (Wildman–Crippen MR) is 76.9 cm³/mol. The van der Waals surface area contributed by atoms with E-state index in [1.165, 1.54) is 0 Å². The van der Waals surface area contributed by atoms with Gasteiger partial charge in [-0.15, -0.1) is 0 Å². The van der Waals surface area contributed by atoms with E-state index in [0.29, 0.717) is 5.75 Å². The largest absolute Gasteiger partial charge is 0.508 e. The fourth-order valence-electron chi connectivity index (χ4n) is 2.07. The fraction of sp³-hybridized carbons (Fsp3) is 0.600. The molecule has 0 saturated heterocycles. The van der Waals surface area contributed by atoms with Gasteiger partial charge in [-0.25, -0.2) is 0 Å². The highest BCUT2D eigenvalue weighted by Gasteiger charge is 2.05. The van der Waals surface area contributed by atoms with E-state index in [2.05, 4.69) is 31.0 Å². The summed E-state index contributed by atoms with van der Waals surface area (Å²) in [6, 6.07) is 7.74. The number of aromatic hydroxyl groups is 1. The smallest absolute Gasteiger partial charge is 0.115 e. The number of nitrogens with zero attached hydrogens (tertiary/aromatic N) is 1. The van der Waals surface area contributed by atoms with Crippen molar-refractivity contribution in [3.8, 4) is 5.75 Å². The summed E-state index contributed by atoms with van der Waals surface area (Å²) in [4.78, 5) is 2.43. The number of hydrogen-bond acceptors (Lipinski definition) is 3. The summed E-state index contributed by atoms with van der Waals surface area (Å²) >= 11 is 0. The predicted octanol–water partition coefficient (Wildman–Crippen LogP) is 2.77. The average Bonchev–Trinajstić information content (AvgIpc) is 2.38. The Morgan fingerprint density at radius 1 is 1.28 bits per heavy atom. The molecule has 0 bridgehead atoms. The first-order valence-electron chi connectivity index (χ1n) is 6.92. The molecule has 1 unspecified atom stereocenters. The molecule has 0 aromatic heterocycles. The van der Waals surface area contributed by atoms with Crippen LogP contribution in [0, 0.1) is 0 Å². The van der Waals surface area contributed by atoms with Crippen LogP contribution in [0.3, 0.4) is 0 Å². The number of phenols is 1. The van der Waals surface area contributed by atoms with Crippen molar-refractivity contribution in [3.05, 3.63) is 29.8 Å². The van der Waals surface area contributed by atoms with E-state index >= 15 is 0 Å². The first-order valence-corrected chi connectivity index (χ1v) is 6.92. The Morgan fingerprint density at radius 2 is 2.00 bits per heavy atom. The molecule has 0 aliphatic carbocycles. The second-order valence-corrected chi connectivity index (χ2v) is 4.65. The molecule has 0 fully saturated rings. The summed E-state index contributed by atoms with van der Waals surface area (Å²) in [5.41, 5.74) is 1.14. The van der Waals surface area contributed by atoms with Crippen molar-refractivity contribution in [2.45, 2.75) is 33.2 Å². The van der Waals surface area contributed by atoms with E-state index in [4.69, 9.17) is 0 Å². The van der Waals surface area contributed by atoms with Crippen molar-refractivity contribution >= 4 is 0 Å². The van der Waals surface area contributed by atoms with Crippen molar-refractivity contribution < 1.29 is 5.11 Å². The number of rotatable bonds is 8. The third kappa shape index (κ3) is 5.07. The van der Waals surface area contributed by atoms with Gasteiger partial charge in [0, 0.05) is 6.04 Å². The van der Waals surface area contributed by atoms with Crippen LogP contribution >= 0.6 is 0 Å². The molecule has 1 aromatic rings. The van der Waals surface area contributed by atoms with Gasteiger partial charge < -0.3 is 15.3 Å². The normalized spacial score (nSPS) is 12.9. The molecule has 0 radical (unpaired) electrons. The maximum Gasteiger partial charge on any atom is 0.115 e. The standard InChI is InChI=1S/C15H26N2O/c1-4-17(5-2)11-7-10-16-13(3)14-8-6-9-15(18)12-14/h6,8-9,12-13,16,18H,4-5,7,10-11H2,1-3H3. The molecule has 0 aliphatic rings. The molecule has 0 spiro atoms. The molecule has 1 atom stereocenters. The molecule has 18 heavy (non-hydrogen) atoms. The molecule has 3 heteroatoms. The minimum absolute atomic E-state index is 0.286. The van der Waals surface area contributed by atoms with E-state index in [1.54, 1.807) is 6.07 Å². The van der Waals surface area contributed by atoms with Crippen LogP contribution < -0.4 is 5.32 Å². The van der Waals surface area contributed by atoms with Gasteiger partial charge in [-0.1, -0.05) is 26.0 Å². The second-order valence-electron chi connectivity index (χ2n) is 4.65. The van der Waals surface area contributed by atoms with E-state index in [0.717, 1.165) is 38.2 Å². The molecule has 0 amide bonds. The minimum atomic E-state index is 0.286. The molecule has 0 heterocycles. The van der Waals surface area contributed by atoms with Crippen molar-refractivity contribution in [1.29, 1.82) is 0 Å². The van der Waals surface area contributed by atoms with Gasteiger partial charge in [0.15, 0.2) is 0 Å². The van der Waals surface area contributed by atoms with Crippen LogP contribution in [0.2, 0.25) is 0 Å². The zero-order chi connectivity index (χ0) is 13.4. The Morgan fingerprint density at radius 3 is 2.61 bits per heavy atom. The Balaban J connectivity index is 2.27. The molecule has 3 nitrogen and oxygen atoms in total. The van der Waals surface area contributed by atoms with Gasteiger partial charge in [-0.3, -0.25) is 0 Å². The van der Waals surface area contributed by atoms with Crippen LogP contribution in [0.15, 0.2) is 24.3 Å². The molecular weight excluding hydrogens is 224 g/mol. The van der Waals surface area contributed by atoms with Crippen molar-refractivity contribution in [2.24, 2.45) is 0 Å². The molecule has 0 saturated carbocycles. The van der Waals surface area contributed by atoms with E-state index in [-0.39, 0.29) is 6.04 Å². The monoisotopic (exact) mass is 250 g/mol. The first kappa shape index (κ1) is 15.0. The van der Waals surface area contributed by atoms with Gasteiger partial charge in [0.1, 0.15) is 5.75 Å². The third-order valence-corrected chi connectivity index (χ3v) is 3.37. The van der Waals surface area contributed by atoms with Crippen molar-refractivity contribution in [2.75, 3.05) is 26.2 Å². The summed E-state index contributed by atoms with van der Waals surface area (Å²) < 4.78 is 0. The minimum Gasteiger partial charge on any atom is -0.508 e. The fourth-order valence-corrected chi connectivity index (χ4v) is 2.07. The van der Waals surface area contributed by atoms with Crippen LogP contribution in [0.5, 0.6) is 5.75 Å². The van der Waals surface area contributed by atoms with Crippen LogP contribution in [0.4, 0.5) is 0 Å². The Kier molecular flexibility index (Phi) is 6.76. The topological polar surface area (TPSA) is 35.5 Å². The summed E-state index contributed by atoms with van der Waals surface area (Å²) in [5, 5.41) is 12.9. The van der Waals surface area contributed by atoms with Gasteiger partial charge in [-0.2, -0.15) is 0 Å². The lowest BCUT2D eigenvalue weighted by molar-refractivity contribution is 0.296. The highest BCUT2D eigenvalue weighted by molar-refractivity contribution is 5.28. The third-order valence-electron chi connectivity index (χ3n) is 3.37. The molecule has 102 valence electrons. The van der Waals surface area contributed by atoms with Gasteiger partial charge in [0.2, 0.25) is 0 Å². The van der Waals surface area contributed by atoms with E-state index in [9.17, 15) is 5.11 Å². The molecule has 1 aromatic carbocycles. The maximum atomic E-state index is 9.44. The number of nitrogens with one attached hydrogen (secondary N) is 1. The lowest BCUT2D eigenvalue weighted by Gasteiger charge is -2.19. The van der Waals surface area contributed by atoms with Gasteiger partial charge in [0.25, 0.3) is 0 Å². The summed E-state index contributed by atoms with van der Waals surface area (Å²) in [6.07, 6.45) is 1.16. The average molecular weight is 250 g/mol. The lowest BCUT2D eigenvalue weighted by atomic mass is 10.1. The van der Waals surface area contributed by atoms with Crippen LogP contribution in [0.25, 0.3) is 0 Å². The van der Waals surface area contributed by atoms with E-state index < -0.39 is 0 Å². The Bertz CT molecular complexity index is 337. The highest BCUT2D eigenvalue weighted by Crippen LogP contribution is 2.17. The Labute approximate surface area is 111 Å². The summed E-state index contributed by atoms with van der Waals surface area (Å²) in [7, 11) is 0. The highest BCUT2D eigenvalue weighted by atomic mass is 16.3. The lowest BCUT2D eigenvalue weighted by Crippen LogP contribution is -2.28. The van der Waals surface area contributed by atoms with Crippen LogP contribution in [-0.4, -0.2) is 36.2 Å². The molecular formula is C15H26N2O. The number of hydrogen-bond donors (Lipinski definition) is 2. The molecule has 2 N–H and O–H groups in total. The van der Waals surface area contributed by atoms with Gasteiger partial charge in [0.05, 0.1) is 0 Å². The van der Waals surface area contributed by atoms with Gasteiger partial charge >= 0.3 is 0 Å². The summed E-state index contributed by atoms with van der Waals surface area (Å²) in [6.45, 7) is 10.9. The number of benzene rings is 1. The number of phenolic OH excluding ortho intramolecular Hbond substituents is 1. The molecule has 0 aliphatic heterocycles. The van der Waals surface area contributed by atoms with Crippen LogP contribution in [0.1, 0.15) is 38.8 Å². The van der Waals surface area contributed by atoms with Crippen LogP contribution in [-0.2, 0) is 0 Å². The first-order chi connectivity index (χ1) is 8.67. The quantitative estimate of drug-likeness (QED) is 0.696. The maximum absolute atomic E-state index is 9.44. The van der Waals surface area contributed by atoms with Gasteiger partial charge in [-0.05, 0) is 57.2 Å². The summed E-state index contributed by atoms with van der Waals surface area (Å²) in [5.74, 6) is 0.337. The van der Waals surface area contributed by atoms with Crippen molar-refractivity contribution in [3.63, 3.8) is 0 Å². The zero-order valence-electron chi connectivity index (χ0n) is 11.8.